The zero-order valence-corrected chi connectivity index (χ0v) is 7.77. The monoisotopic (exact) mass is 243 g/mol. The summed E-state index contributed by atoms with van der Waals surface area (Å²) in [6.07, 6.45) is 0. The number of rotatable bonds is 0. The first-order chi connectivity index (χ1) is 4.98. The minimum Gasteiger partial charge on any atom is -0.385 e. The summed E-state index contributed by atoms with van der Waals surface area (Å²) in [5, 5.41) is 0. The molecule has 0 heterocycles. The van der Waals surface area contributed by atoms with Gasteiger partial charge in [-0.1, -0.05) is 12.2 Å². The average Bonchev–Trinajstić information content (AvgIpc) is 1.55. The highest BCUT2D eigenvalue weighted by atomic mass is 32.2. The summed E-state index contributed by atoms with van der Waals surface area (Å²) in [4.78, 5) is 0. The van der Waals surface area contributed by atoms with Crippen molar-refractivity contribution < 1.29 is 26.1 Å². The molecule has 10 heteroatoms. The van der Waals surface area contributed by atoms with Crippen LogP contribution in [-0.2, 0) is 10.1 Å². The van der Waals surface area contributed by atoms with E-state index in [2.05, 4.69) is 24.8 Å². The van der Waals surface area contributed by atoms with Gasteiger partial charge in [-0.3, -0.25) is 4.55 Å². The largest absolute Gasteiger partial charge is 0.522 e. The van der Waals surface area contributed by atoms with E-state index in [9.17, 15) is 13.2 Å². The molecular weight excluding hydrogens is 239 g/mol. The molecule has 0 spiro atoms. The van der Waals surface area contributed by atoms with E-state index in [1.807, 2.05) is 0 Å². The molecule has 0 bridgehead atoms. The van der Waals surface area contributed by atoms with Gasteiger partial charge in [0.2, 0.25) is 0 Å². The second kappa shape index (κ2) is 4.84. The molecule has 0 atom stereocenters. The third-order valence-corrected chi connectivity index (χ3v) is 0.877. The Labute approximate surface area is 77.1 Å². The fourth-order valence-electron chi connectivity index (χ4n) is 0. The number of hydrogen-bond donors (Lipinski definition) is 3. The Bertz CT molecular complexity index is 240. The van der Waals surface area contributed by atoms with Crippen LogP contribution < -0.4 is 5.73 Å². The maximum absolute atomic E-state index is 10.7. The summed E-state index contributed by atoms with van der Waals surface area (Å²) in [6.45, 7) is 0. The summed E-state index contributed by atoms with van der Waals surface area (Å²) < 4.78 is 57.7. The average molecular weight is 243 g/mol. The van der Waals surface area contributed by atoms with Crippen molar-refractivity contribution in [2.75, 3.05) is 0 Å². The number of thiocarbonyl (C=S) groups is 1. The number of alkyl halides is 3. The van der Waals surface area contributed by atoms with Crippen LogP contribution in [0.4, 0.5) is 13.2 Å². The van der Waals surface area contributed by atoms with Crippen LogP contribution in [0.3, 0.4) is 0 Å². The van der Waals surface area contributed by atoms with Gasteiger partial charge in [0.05, 0.1) is 0 Å². The molecule has 4 nitrogen and oxygen atoms in total. The first-order valence-electron chi connectivity index (χ1n) is 2.00. The number of thiol groups is 1. The molecule has 0 aliphatic heterocycles. The van der Waals surface area contributed by atoms with Gasteiger partial charge in [0.25, 0.3) is 0 Å². The quantitative estimate of drug-likeness (QED) is 0.250. The van der Waals surface area contributed by atoms with E-state index in [1.165, 1.54) is 0 Å². The number of halogens is 3. The summed E-state index contributed by atoms with van der Waals surface area (Å²) in [5.41, 5.74) is -0.828. The third-order valence-electron chi connectivity index (χ3n) is 0.292. The van der Waals surface area contributed by atoms with Crippen LogP contribution in [0.1, 0.15) is 0 Å². The van der Waals surface area contributed by atoms with Crippen LogP contribution >= 0.6 is 24.8 Å². The van der Waals surface area contributed by atoms with Crippen molar-refractivity contribution in [1.29, 1.82) is 0 Å². The van der Waals surface area contributed by atoms with Crippen molar-refractivity contribution in [3.8, 4) is 0 Å². The lowest BCUT2D eigenvalue weighted by atomic mass is 11.5. The molecule has 0 saturated carbocycles. The number of nitrogens with two attached hydrogens (primary N) is 1. The van der Waals surface area contributed by atoms with Crippen LogP contribution in [0.25, 0.3) is 0 Å². The van der Waals surface area contributed by atoms with Crippen molar-refractivity contribution in [3.05, 3.63) is 0 Å². The molecular formula is C2H4F3NO3S3. The Hall–Kier alpha value is -0.0600. The lowest BCUT2D eigenvalue weighted by molar-refractivity contribution is -0.0510. The molecule has 0 radical (unpaired) electrons. The molecule has 0 unspecified atom stereocenters. The Morgan fingerprint density at radius 2 is 1.58 bits per heavy atom. The summed E-state index contributed by atoms with van der Waals surface area (Å²) >= 11 is 7.65. The lowest BCUT2D eigenvalue weighted by Gasteiger charge is -1.97. The van der Waals surface area contributed by atoms with Gasteiger partial charge in [-0.2, -0.15) is 21.6 Å². The molecule has 0 amide bonds. The van der Waals surface area contributed by atoms with Crippen LogP contribution in [-0.4, -0.2) is 22.8 Å². The van der Waals surface area contributed by atoms with Crippen molar-refractivity contribution in [2.45, 2.75) is 5.51 Å². The molecule has 74 valence electrons. The van der Waals surface area contributed by atoms with Gasteiger partial charge >= 0.3 is 15.6 Å². The van der Waals surface area contributed by atoms with E-state index in [0.717, 1.165) is 0 Å². The smallest absolute Gasteiger partial charge is 0.385 e. The maximum atomic E-state index is 10.7. The van der Waals surface area contributed by atoms with Gasteiger partial charge in [-0.25, -0.2) is 0 Å². The van der Waals surface area contributed by atoms with E-state index >= 15 is 0 Å². The summed E-state index contributed by atoms with van der Waals surface area (Å²) in [5.74, 6) is 0. The van der Waals surface area contributed by atoms with Crippen LogP contribution in [0.5, 0.6) is 0 Å². The number of hydrogen-bond acceptors (Lipinski definition) is 3. The van der Waals surface area contributed by atoms with E-state index in [1.54, 1.807) is 0 Å². The Morgan fingerprint density at radius 3 is 1.58 bits per heavy atom. The summed E-state index contributed by atoms with van der Waals surface area (Å²) in [6, 6.07) is 0. The van der Waals surface area contributed by atoms with Gasteiger partial charge in [0.15, 0.2) is 0 Å². The van der Waals surface area contributed by atoms with Crippen molar-refractivity contribution in [3.63, 3.8) is 0 Å². The van der Waals surface area contributed by atoms with E-state index in [4.69, 9.17) is 18.7 Å². The van der Waals surface area contributed by atoms with Crippen LogP contribution in [0.15, 0.2) is 0 Å². The van der Waals surface area contributed by atoms with Gasteiger partial charge < -0.3 is 5.73 Å². The van der Waals surface area contributed by atoms with Gasteiger partial charge in [-0.05, 0) is 0 Å². The molecule has 0 aromatic heterocycles. The standard InChI is InChI=1S/CHF3O3S.CH3NS2/c2-1(3,4)8(5,6)7;2-1(3)4/h(H,5,6,7);(H3,2,3,4). The maximum Gasteiger partial charge on any atom is 0.522 e. The predicted molar refractivity (Wildman–Crippen MR) is 43.4 cm³/mol. The molecule has 0 aliphatic carbocycles. The second-order valence-electron chi connectivity index (χ2n) is 1.26. The minimum atomic E-state index is -5.84. The van der Waals surface area contributed by atoms with Gasteiger partial charge in [-0.15, -0.1) is 12.6 Å². The Balaban J connectivity index is 0. The SMILES string of the molecule is NC(=S)S.O=S(=O)(O)C(F)(F)F. The molecule has 0 aromatic rings. The molecule has 12 heavy (non-hydrogen) atoms. The zero-order chi connectivity index (χ0) is 10.6. The fourth-order valence-corrected chi connectivity index (χ4v) is 0. The highest BCUT2D eigenvalue weighted by Gasteiger charge is 2.44. The lowest BCUT2D eigenvalue weighted by Crippen LogP contribution is -2.21. The van der Waals surface area contributed by atoms with Crippen molar-refractivity contribution in [1.82, 2.24) is 0 Å². The summed E-state index contributed by atoms with van der Waals surface area (Å²) in [7, 11) is -5.84. The topological polar surface area (TPSA) is 80.4 Å². The minimum absolute atomic E-state index is 0.194. The Kier molecular flexibility index (Phi) is 5.84. The van der Waals surface area contributed by atoms with E-state index in [0.29, 0.717) is 0 Å². The molecule has 0 aliphatic rings. The van der Waals surface area contributed by atoms with Crippen molar-refractivity contribution in [2.24, 2.45) is 5.73 Å². The molecule has 0 saturated heterocycles. The van der Waals surface area contributed by atoms with Crippen LogP contribution in [0, 0.1) is 0 Å². The predicted octanol–water partition coefficient (Wildman–Crippen LogP) is 0.554. The van der Waals surface area contributed by atoms with E-state index in [-0.39, 0.29) is 4.32 Å². The fraction of sp³-hybridized carbons (Fsp3) is 0.500. The third kappa shape index (κ3) is 9.94. The van der Waals surface area contributed by atoms with Gasteiger partial charge in [0, 0.05) is 0 Å². The Morgan fingerprint density at radius 1 is 1.50 bits per heavy atom. The van der Waals surface area contributed by atoms with Crippen LogP contribution in [0.2, 0.25) is 0 Å². The molecule has 3 N–H and O–H groups in total. The highest BCUT2D eigenvalue weighted by Crippen LogP contribution is 2.20. The van der Waals surface area contributed by atoms with E-state index < -0.39 is 15.6 Å². The first-order valence-corrected chi connectivity index (χ1v) is 4.30. The van der Waals surface area contributed by atoms with Gasteiger partial charge in [0.1, 0.15) is 4.32 Å². The highest BCUT2D eigenvalue weighted by molar-refractivity contribution is 8.10. The first kappa shape index (κ1) is 14.5. The second-order valence-corrected chi connectivity index (χ2v) is 3.90. The molecule has 0 fully saturated rings. The molecule has 0 rings (SSSR count). The molecule has 0 aromatic carbocycles. The zero-order valence-electron chi connectivity index (χ0n) is 5.24. The normalized spacial score (nSPS) is 11.4. The van der Waals surface area contributed by atoms with Crippen molar-refractivity contribution >= 4 is 39.3 Å².